The highest BCUT2D eigenvalue weighted by atomic mass is 16.5. The molecule has 0 fully saturated rings. The molecule has 5 heteroatoms. The molecule has 0 heterocycles. The zero-order valence-corrected chi connectivity index (χ0v) is 12.8. The van der Waals surface area contributed by atoms with Crippen molar-refractivity contribution in [3.63, 3.8) is 0 Å². The molecule has 5 nitrogen and oxygen atoms in total. The summed E-state index contributed by atoms with van der Waals surface area (Å²) < 4.78 is 5.55. The van der Waals surface area contributed by atoms with Crippen molar-refractivity contribution in [2.24, 2.45) is 5.92 Å². The molecule has 0 radical (unpaired) electrons. The Balaban J connectivity index is 2.42. The number of aliphatic carboxylic acids is 1. The number of para-hydroxylation sites is 1. The Bertz CT molecular complexity index is 479. The summed E-state index contributed by atoms with van der Waals surface area (Å²) in [5, 5.41) is 11.5. The second-order valence-corrected chi connectivity index (χ2v) is 5.19. The van der Waals surface area contributed by atoms with Gasteiger partial charge in [0.25, 0.3) is 5.91 Å². The maximum Gasteiger partial charge on any atom is 0.303 e. The van der Waals surface area contributed by atoms with E-state index in [0.29, 0.717) is 13.0 Å². The molecule has 0 spiro atoms. The normalized spacial score (nSPS) is 11.8. The highest BCUT2D eigenvalue weighted by Crippen LogP contribution is 2.21. The third-order valence-corrected chi connectivity index (χ3v) is 3.38. The van der Waals surface area contributed by atoms with Gasteiger partial charge in [-0.3, -0.25) is 9.59 Å². The summed E-state index contributed by atoms with van der Waals surface area (Å²) in [6.07, 6.45) is 0.777. The van der Waals surface area contributed by atoms with E-state index in [-0.39, 0.29) is 24.9 Å². The van der Waals surface area contributed by atoms with Crippen molar-refractivity contribution in [1.29, 1.82) is 0 Å². The number of hydrogen-bond acceptors (Lipinski definition) is 3. The molecule has 0 aliphatic rings. The fraction of sp³-hybridized carbons (Fsp3) is 0.500. The second kappa shape index (κ2) is 8.29. The average Bonchev–Trinajstić information content (AvgIpc) is 2.42. The first-order valence-corrected chi connectivity index (χ1v) is 7.11. The van der Waals surface area contributed by atoms with Crippen LogP contribution in [0.5, 0.6) is 5.75 Å². The maximum atomic E-state index is 11.8. The molecule has 0 saturated carbocycles. The number of amides is 1. The molecule has 0 aliphatic heterocycles. The maximum absolute atomic E-state index is 11.8. The molecular formula is C16H23NO4. The Morgan fingerprint density at radius 3 is 2.43 bits per heavy atom. The van der Waals surface area contributed by atoms with E-state index in [2.05, 4.69) is 5.32 Å². The van der Waals surface area contributed by atoms with Gasteiger partial charge in [-0.05, 0) is 30.9 Å². The van der Waals surface area contributed by atoms with Gasteiger partial charge < -0.3 is 15.2 Å². The topological polar surface area (TPSA) is 75.6 Å². The lowest BCUT2D eigenvalue weighted by atomic mass is 10.0. The zero-order valence-electron chi connectivity index (χ0n) is 12.8. The zero-order chi connectivity index (χ0) is 15.8. The number of benzene rings is 1. The first-order chi connectivity index (χ1) is 9.93. The van der Waals surface area contributed by atoms with Gasteiger partial charge in [-0.1, -0.05) is 31.5 Å². The lowest BCUT2D eigenvalue weighted by molar-refractivity contribution is -0.138. The highest BCUT2D eigenvalue weighted by molar-refractivity contribution is 5.77. The summed E-state index contributed by atoms with van der Waals surface area (Å²) in [7, 11) is 0. The van der Waals surface area contributed by atoms with Gasteiger partial charge in [0, 0.05) is 13.0 Å². The Morgan fingerprint density at radius 1 is 1.29 bits per heavy atom. The van der Waals surface area contributed by atoms with Crippen LogP contribution in [-0.4, -0.2) is 30.1 Å². The molecule has 1 unspecified atom stereocenters. The molecule has 2 N–H and O–H groups in total. The van der Waals surface area contributed by atoms with E-state index in [1.807, 2.05) is 39.0 Å². The van der Waals surface area contributed by atoms with E-state index in [1.165, 1.54) is 0 Å². The predicted molar refractivity (Wildman–Crippen MR) is 80.5 cm³/mol. The van der Waals surface area contributed by atoms with Crippen LogP contribution in [0.1, 0.15) is 30.9 Å². The third-order valence-electron chi connectivity index (χ3n) is 3.38. The van der Waals surface area contributed by atoms with Crippen molar-refractivity contribution < 1.29 is 19.4 Å². The standard InChI is InChI=1S/C16H23NO4/c1-4-13(8-15(19)20)9-17-14(18)10-21-16-11(2)6-5-7-12(16)3/h5-7,13H,4,8-10H2,1-3H3,(H,17,18)(H,19,20). The van der Waals surface area contributed by atoms with E-state index in [0.717, 1.165) is 16.9 Å². The lowest BCUT2D eigenvalue weighted by Crippen LogP contribution is -2.33. The van der Waals surface area contributed by atoms with Gasteiger partial charge in [-0.2, -0.15) is 0 Å². The minimum atomic E-state index is -0.845. The molecule has 0 aromatic heterocycles. The van der Waals surface area contributed by atoms with Crippen LogP contribution in [0.4, 0.5) is 0 Å². The molecule has 1 amide bonds. The number of aryl methyl sites for hydroxylation is 2. The van der Waals surface area contributed by atoms with Crippen molar-refractivity contribution in [2.45, 2.75) is 33.6 Å². The Morgan fingerprint density at radius 2 is 1.90 bits per heavy atom. The SMILES string of the molecule is CCC(CNC(=O)COc1c(C)cccc1C)CC(=O)O. The number of hydrogen-bond donors (Lipinski definition) is 2. The predicted octanol–water partition coefficient (Wildman–Crippen LogP) is 2.30. The van der Waals surface area contributed by atoms with Crippen LogP contribution in [0.15, 0.2) is 18.2 Å². The molecule has 1 aromatic rings. The van der Waals surface area contributed by atoms with Crippen molar-refractivity contribution in [2.75, 3.05) is 13.2 Å². The van der Waals surface area contributed by atoms with Crippen molar-refractivity contribution >= 4 is 11.9 Å². The summed E-state index contributed by atoms with van der Waals surface area (Å²) >= 11 is 0. The van der Waals surface area contributed by atoms with Crippen LogP contribution in [0, 0.1) is 19.8 Å². The average molecular weight is 293 g/mol. The fourth-order valence-corrected chi connectivity index (χ4v) is 2.08. The number of rotatable bonds is 8. The summed E-state index contributed by atoms with van der Waals surface area (Å²) in [5.74, 6) is -0.402. The van der Waals surface area contributed by atoms with Crippen LogP contribution in [0.25, 0.3) is 0 Å². The van der Waals surface area contributed by atoms with Crippen LogP contribution < -0.4 is 10.1 Å². The van der Waals surface area contributed by atoms with Crippen LogP contribution >= 0.6 is 0 Å². The van der Waals surface area contributed by atoms with Crippen LogP contribution in [-0.2, 0) is 9.59 Å². The minimum Gasteiger partial charge on any atom is -0.483 e. The molecule has 0 aliphatic carbocycles. The van der Waals surface area contributed by atoms with Gasteiger partial charge in [-0.15, -0.1) is 0 Å². The Kier molecular flexibility index (Phi) is 6.72. The van der Waals surface area contributed by atoms with Crippen molar-refractivity contribution in [1.82, 2.24) is 5.32 Å². The van der Waals surface area contributed by atoms with Gasteiger partial charge >= 0.3 is 5.97 Å². The van der Waals surface area contributed by atoms with E-state index < -0.39 is 5.97 Å². The van der Waals surface area contributed by atoms with E-state index >= 15 is 0 Å². The van der Waals surface area contributed by atoms with Gasteiger partial charge in [-0.25, -0.2) is 0 Å². The third kappa shape index (κ3) is 5.85. The summed E-state index contributed by atoms with van der Waals surface area (Å²) in [4.78, 5) is 22.4. The highest BCUT2D eigenvalue weighted by Gasteiger charge is 2.13. The summed E-state index contributed by atoms with van der Waals surface area (Å²) in [5.41, 5.74) is 1.97. The van der Waals surface area contributed by atoms with E-state index in [9.17, 15) is 9.59 Å². The number of nitrogens with one attached hydrogen (secondary N) is 1. The lowest BCUT2D eigenvalue weighted by Gasteiger charge is -2.15. The first-order valence-electron chi connectivity index (χ1n) is 7.11. The molecule has 116 valence electrons. The van der Waals surface area contributed by atoms with Gasteiger partial charge in [0.2, 0.25) is 0 Å². The van der Waals surface area contributed by atoms with Gasteiger partial charge in [0.05, 0.1) is 0 Å². The second-order valence-electron chi connectivity index (χ2n) is 5.19. The number of ether oxygens (including phenoxy) is 1. The van der Waals surface area contributed by atoms with E-state index in [4.69, 9.17) is 9.84 Å². The molecule has 21 heavy (non-hydrogen) atoms. The number of carboxylic acids is 1. The summed E-state index contributed by atoms with van der Waals surface area (Å²) in [6.45, 7) is 6.07. The molecular weight excluding hydrogens is 270 g/mol. The van der Waals surface area contributed by atoms with Gasteiger partial charge in [0.15, 0.2) is 6.61 Å². The quantitative estimate of drug-likeness (QED) is 0.771. The minimum absolute atomic E-state index is 0.0494. The largest absolute Gasteiger partial charge is 0.483 e. The Hall–Kier alpha value is -2.04. The molecule has 1 rings (SSSR count). The van der Waals surface area contributed by atoms with Crippen molar-refractivity contribution in [3.8, 4) is 5.75 Å². The fourth-order valence-electron chi connectivity index (χ4n) is 2.08. The van der Waals surface area contributed by atoms with Crippen LogP contribution in [0.2, 0.25) is 0 Å². The van der Waals surface area contributed by atoms with Crippen molar-refractivity contribution in [3.05, 3.63) is 29.3 Å². The molecule has 0 saturated heterocycles. The van der Waals surface area contributed by atoms with Gasteiger partial charge in [0.1, 0.15) is 5.75 Å². The molecule has 0 bridgehead atoms. The van der Waals surface area contributed by atoms with Crippen LogP contribution in [0.3, 0.4) is 0 Å². The molecule has 1 atom stereocenters. The monoisotopic (exact) mass is 293 g/mol. The number of carboxylic acid groups (broad SMARTS) is 1. The Labute approximate surface area is 125 Å². The van der Waals surface area contributed by atoms with E-state index in [1.54, 1.807) is 0 Å². The number of carbonyl (C=O) groups excluding carboxylic acids is 1. The first kappa shape index (κ1) is 17.0. The smallest absolute Gasteiger partial charge is 0.303 e. The summed E-state index contributed by atoms with van der Waals surface area (Å²) in [6, 6.07) is 5.80. The number of carbonyl (C=O) groups is 2. The molecule has 1 aromatic carbocycles.